The molecule has 1 aliphatic rings. The molecule has 1 fully saturated rings. The number of hydrogen-bond acceptors (Lipinski definition) is 3. The van der Waals surface area contributed by atoms with Crippen molar-refractivity contribution in [2.75, 3.05) is 6.61 Å². The Morgan fingerprint density at radius 3 is 2.18 bits per heavy atom. The van der Waals surface area contributed by atoms with E-state index in [1.165, 1.54) is 5.06 Å². The standard InChI is InChI=1S/C8H17NO2/c1-7(2)5-6-11-8(3,4)9(7)10/h10H,5-6H2,1-4H3. The Morgan fingerprint density at radius 2 is 1.82 bits per heavy atom. The summed E-state index contributed by atoms with van der Waals surface area (Å²) in [7, 11) is 0. The van der Waals surface area contributed by atoms with E-state index in [1.54, 1.807) is 0 Å². The molecule has 0 saturated carbocycles. The lowest BCUT2D eigenvalue weighted by Crippen LogP contribution is -2.59. The molecule has 3 nitrogen and oxygen atoms in total. The molecule has 1 aliphatic heterocycles. The van der Waals surface area contributed by atoms with Gasteiger partial charge >= 0.3 is 0 Å². The summed E-state index contributed by atoms with van der Waals surface area (Å²) >= 11 is 0. The minimum absolute atomic E-state index is 0.165. The Hall–Kier alpha value is -0.120. The molecule has 0 aromatic rings. The van der Waals surface area contributed by atoms with Crippen molar-refractivity contribution in [3.8, 4) is 0 Å². The summed E-state index contributed by atoms with van der Waals surface area (Å²) in [5, 5.41) is 11.0. The largest absolute Gasteiger partial charge is 0.359 e. The summed E-state index contributed by atoms with van der Waals surface area (Å²) in [6.07, 6.45) is 0.868. The van der Waals surface area contributed by atoms with E-state index in [0.29, 0.717) is 0 Å². The van der Waals surface area contributed by atoms with Crippen molar-refractivity contribution >= 4 is 0 Å². The number of hydrogen-bond donors (Lipinski definition) is 1. The first-order chi connectivity index (χ1) is 4.86. The van der Waals surface area contributed by atoms with Gasteiger partial charge in [0.15, 0.2) is 0 Å². The first-order valence-electron chi connectivity index (χ1n) is 3.99. The first kappa shape index (κ1) is 8.97. The highest BCUT2D eigenvalue weighted by atomic mass is 16.6. The third-order valence-corrected chi connectivity index (χ3v) is 2.25. The second kappa shape index (κ2) is 2.44. The van der Waals surface area contributed by atoms with Gasteiger partial charge in [-0.25, -0.2) is 0 Å². The van der Waals surface area contributed by atoms with E-state index in [9.17, 15) is 5.21 Å². The SMILES string of the molecule is CC1(C)CCOC(C)(C)N1O. The summed E-state index contributed by atoms with van der Waals surface area (Å²) in [6, 6.07) is 0. The quantitative estimate of drug-likeness (QED) is 0.583. The molecular weight excluding hydrogens is 142 g/mol. The molecule has 0 aromatic carbocycles. The van der Waals surface area contributed by atoms with Crippen LogP contribution in [-0.4, -0.2) is 28.1 Å². The van der Waals surface area contributed by atoms with Crippen molar-refractivity contribution in [1.29, 1.82) is 0 Å². The molecule has 1 saturated heterocycles. The van der Waals surface area contributed by atoms with Crippen LogP contribution in [0.25, 0.3) is 0 Å². The summed E-state index contributed by atoms with van der Waals surface area (Å²) in [4.78, 5) is 0. The van der Waals surface area contributed by atoms with Gasteiger partial charge in [-0.3, -0.25) is 0 Å². The number of rotatable bonds is 0. The van der Waals surface area contributed by atoms with Crippen LogP contribution in [0.15, 0.2) is 0 Å². The molecule has 66 valence electrons. The van der Waals surface area contributed by atoms with E-state index in [0.717, 1.165) is 13.0 Å². The van der Waals surface area contributed by atoms with E-state index < -0.39 is 5.72 Å². The highest BCUT2D eigenvalue weighted by molar-refractivity contribution is 4.85. The zero-order valence-electron chi connectivity index (χ0n) is 7.72. The Morgan fingerprint density at radius 1 is 1.27 bits per heavy atom. The van der Waals surface area contributed by atoms with Gasteiger partial charge in [0.05, 0.1) is 6.61 Å². The Kier molecular flexibility index (Phi) is 1.99. The zero-order valence-corrected chi connectivity index (χ0v) is 7.72. The van der Waals surface area contributed by atoms with E-state index >= 15 is 0 Å². The molecule has 0 amide bonds. The maximum absolute atomic E-state index is 9.67. The average molecular weight is 159 g/mol. The summed E-state index contributed by atoms with van der Waals surface area (Å²) < 4.78 is 5.39. The average Bonchev–Trinajstić information content (AvgIpc) is 1.82. The molecule has 0 radical (unpaired) electrons. The lowest BCUT2D eigenvalue weighted by atomic mass is 9.96. The first-order valence-corrected chi connectivity index (χ1v) is 3.99. The fourth-order valence-corrected chi connectivity index (χ4v) is 1.45. The molecule has 0 spiro atoms. The molecule has 3 heteroatoms. The van der Waals surface area contributed by atoms with Crippen molar-refractivity contribution in [2.45, 2.75) is 45.4 Å². The van der Waals surface area contributed by atoms with Crippen molar-refractivity contribution < 1.29 is 9.94 Å². The second-order valence-electron chi connectivity index (χ2n) is 4.17. The van der Waals surface area contributed by atoms with Crippen LogP contribution >= 0.6 is 0 Å². The molecule has 1 heterocycles. The van der Waals surface area contributed by atoms with Gasteiger partial charge in [-0.2, -0.15) is 5.06 Å². The minimum atomic E-state index is -0.540. The van der Waals surface area contributed by atoms with Crippen LogP contribution in [0.5, 0.6) is 0 Å². The van der Waals surface area contributed by atoms with Gasteiger partial charge in [0.2, 0.25) is 0 Å². The van der Waals surface area contributed by atoms with Crippen LogP contribution < -0.4 is 0 Å². The Balaban J connectivity index is 2.76. The molecule has 0 aromatic heterocycles. The van der Waals surface area contributed by atoms with Crippen LogP contribution in [0.4, 0.5) is 0 Å². The molecule has 0 bridgehead atoms. The molecule has 11 heavy (non-hydrogen) atoms. The lowest BCUT2D eigenvalue weighted by molar-refractivity contribution is -0.335. The minimum Gasteiger partial charge on any atom is -0.359 e. The Labute approximate surface area is 67.9 Å². The fraction of sp³-hybridized carbons (Fsp3) is 1.00. The maximum atomic E-state index is 9.67. The topological polar surface area (TPSA) is 32.7 Å². The summed E-state index contributed by atoms with van der Waals surface area (Å²) in [6.45, 7) is 8.48. The van der Waals surface area contributed by atoms with Crippen molar-refractivity contribution in [2.24, 2.45) is 0 Å². The Bertz CT molecular complexity index is 138. The summed E-state index contributed by atoms with van der Waals surface area (Å²) in [5.41, 5.74) is -0.705. The summed E-state index contributed by atoms with van der Waals surface area (Å²) in [5.74, 6) is 0. The van der Waals surface area contributed by atoms with Crippen LogP contribution in [0.2, 0.25) is 0 Å². The smallest absolute Gasteiger partial charge is 0.138 e. The number of ether oxygens (including phenoxy) is 1. The van der Waals surface area contributed by atoms with E-state index in [4.69, 9.17) is 4.74 Å². The van der Waals surface area contributed by atoms with Gasteiger partial charge in [-0.15, -0.1) is 0 Å². The van der Waals surface area contributed by atoms with Crippen molar-refractivity contribution in [3.63, 3.8) is 0 Å². The van der Waals surface area contributed by atoms with Crippen molar-refractivity contribution in [1.82, 2.24) is 5.06 Å². The third-order valence-electron chi connectivity index (χ3n) is 2.25. The molecule has 0 atom stereocenters. The highest BCUT2D eigenvalue weighted by Crippen LogP contribution is 2.31. The van der Waals surface area contributed by atoms with Gasteiger partial charge in [0.1, 0.15) is 5.72 Å². The van der Waals surface area contributed by atoms with Crippen LogP contribution in [0, 0.1) is 0 Å². The van der Waals surface area contributed by atoms with Crippen LogP contribution in [0.3, 0.4) is 0 Å². The molecule has 0 aliphatic carbocycles. The number of hydroxylamine groups is 2. The van der Waals surface area contributed by atoms with Crippen molar-refractivity contribution in [3.05, 3.63) is 0 Å². The predicted molar refractivity (Wildman–Crippen MR) is 42.4 cm³/mol. The number of nitrogens with zero attached hydrogens (tertiary/aromatic N) is 1. The monoisotopic (exact) mass is 159 g/mol. The van der Waals surface area contributed by atoms with Gasteiger partial charge in [-0.05, 0) is 34.1 Å². The van der Waals surface area contributed by atoms with Gasteiger partial charge < -0.3 is 9.94 Å². The van der Waals surface area contributed by atoms with E-state index in [-0.39, 0.29) is 5.54 Å². The lowest BCUT2D eigenvalue weighted by Gasteiger charge is -2.47. The van der Waals surface area contributed by atoms with E-state index in [2.05, 4.69) is 0 Å². The maximum Gasteiger partial charge on any atom is 0.138 e. The molecule has 0 unspecified atom stereocenters. The van der Waals surface area contributed by atoms with Crippen LogP contribution in [0.1, 0.15) is 34.1 Å². The molecule has 1 rings (SSSR count). The van der Waals surface area contributed by atoms with Gasteiger partial charge in [0, 0.05) is 5.54 Å². The molecular formula is C8H17NO2. The second-order valence-corrected chi connectivity index (χ2v) is 4.17. The third kappa shape index (κ3) is 1.55. The normalized spacial score (nSPS) is 30.3. The molecule has 1 N–H and O–H groups in total. The predicted octanol–water partition coefficient (Wildman–Crippen LogP) is 1.61. The van der Waals surface area contributed by atoms with Gasteiger partial charge in [0.25, 0.3) is 0 Å². The fourth-order valence-electron chi connectivity index (χ4n) is 1.45. The van der Waals surface area contributed by atoms with E-state index in [1.807, 2.05) is 27.7 Å². The highest BCUT2D eigenvalue weighted by Gasteiger charge is 2.41. The van der Waals surface area contributed by atoms with Gasteiger partial charge in [-0.1, -0.05) is 0 Å². The zero-order chi connectivity index (χ0) is 8.70. The van der Waals surface area contributed by atoms with Crippen LogP contribution in [-0.2, 0) is 4.74 Å².